The molecule has 0 fully saturated rings. The molecule has 0 aliphatic carbocycles. The SMILES string of the molecule is CCOC(=O)c1c(C)c(C(=O)NCc2ccc(OC)cc2)c(C)n1C. The third kappa shape index (κ3) is 3.84. The Morgan fingerprint density at radius 2 is 1.80 bits per heavy atom. The third-order valence-electron chi connectivity index (χ3n) is 4.24. The number of carbonyl (C=O) groups is 2. The van der Waals surface area contributed by atoms with E-state index in [2.05, 4.69) is 5.32 Å². The summed E-state index contributed by atoms with van der Waals surface area (Å²) in [5.41, 5.74) is 3.25. The van der Waals surface area contributed by atoms with Crippen LogP contribution in [0.4, 0.5) is 0 Å². The lowest BCUT2D eigenvalue weighted by Gasteiger charge is -2.07. The molecule has 6 nitrogen and oxygen atoms in total. The molecule has 1 heterocycles. The first-order valence-corrected chi connectivity index (χ1v) is 8.14. The number of esters is 1. The van der Waals surface area contributed by atoms with Crippen molar-refractivity contribution >= 4 is 11.9 Å². The molecule has 0 aliphatic heterocycles. The van der Waals surface area contributed by atoms with Gasteiger partial charge in [0.1, 0.15) is 11.4 Å². The molecule has 1 amide bonds. The second-order valence-electron chi connectivity index (χ2n) is 5.74. The molecule has 0 bridgehead atoms. The number of amides is 1. The molecular weight excluding hydrogens is 320 g/mol. The van der Waals surface area contributed by atoms with E-state index in [1.54, 1.807) is 32.6 Å². The van der Waals surface area contributed by atoms with Crippen molar-refractivity contribution in [3.05, 3.63) is 52.3 Å². The number of methoxy groups -OCH3 is 1. The van der Waals surface area contributed by atoms with Crippen LogP contribution >= 0.6 is 0 Å². The summed E-state index contributed by atoms with van der Waals surface area (Å²) in [5, 5.41) is 2.90. The van der Waals surface area contributed by atoms with Crippen molar-refractivity contribution in [1.29, 1.82) is 0 Å². The highest BCUT2D eigenvalue weighted by atomic mass is 16.5. The monoisotopic (exact) mass is 344 g/mol. The Bertz CT molecular complexity index is 776. The van der Waals surface area contributed by atoms with Crippen molar-refractivity contribution in [2.45, 2.75) is 27.3 Å². The Kier molecular flexibility index (Phi) is 5.85. The molecular formula is C19H24N2O4. The first kappa shape index (κ1) is 18.6. The van der Waals surface area contributed by atoms with Crippen LogP contribution in [0.25, 0.3) is 0 Å². The van der Waals surface area contributed by atoms with E-state index in [-0.39, 0.29) is 5.91 Å². The second-order valence-corrected chi connectivity index (χ2v) is 5.74. The van der Waals surface area contributed by atoms with Crippen molar-refractivity contribution in [3.8, 4) is 5.75 Å². The highest BCUT2D eigenvalue weighted by Gasteiger charge is 2.25. The van der Waals surface area contributed by atoms with Crippen molar-refractivity contribution in [1.82, 2.24) is 9.88 Å². The van der Waals surface area contributed by atoms with Crippen molar-refractivity contribution < 1.29 is 19.1 Å². The van der Waals surface area contributed by atoms with E-state index in [0.717, 1.165) is 17.0 Å². The minimum absolute atomic E-state index is 0.211. The number of carbonyl (C=O) groups excluding carboxylic acids is 2. The Morgan fingerprint density at radius 3 is 2.36 bits per heavy atom. The molecule has 134 valence electrons. The summed E-state index contributed by atoms with van der Waals surface area (Å²) in [6.45, 7) is 6.03. The summed E-state index contributed by atoms with van der Waals surface area (Å²) in [7, 11) is 3.37. The average molecular weight is 344 g/mol. The Labute approximate surface area is 147 Å². The number of nitrogens with zero attached hydrogens (tertiary/aromatic N) is 1. The van der Waals surface area contributed by atoms with Gasteiger partial charge < -0.3 is 19.4 Å². The molecule has 2 rings (SSSR count). The number of nitrogens with one attached hydrogen (secondary N) is 1. The van der Waals surface area contributed by atoms with Gasteiger partial charge in [0.05, 0.1) is 19.3 Å². The van der Waals surface area contributed by atoms with Crippen LogP contribution in [0, 0.1) is 13.8 Å². The molecule has 2 aromatic rings. The molecule has 1 aromatic carbocycles. The van der Waals surface area contributed by atoms with Crippen LogP contribution in [0.5, 0.6) is 5.75 Å². The van der Waals surface area contributed by atoms with Gasteiger partial charge in [-0.15, -0.1) is 0 Å². The molecule has 0 spiro atoms. The minimum Gasteiger partial charge on any atom is -0.497 e. The first-order valence-electron chi connectivity index (χ1n) is 8.14. The fourth-order valence-corrected chi connectivity index (χ4v) is 2.81. The summed E-state index contributed by atoms with van der Waals surface area (Å²) in [5.74, 6) is 0.140. The van der Waals surface area contributed by atoms with E-state index in [4.69, 9.17) is 9.47 Å². The maximum atomic E-state index is 12.6. The molecule has 0 saturated carbocycles. The molecule has 1 aromatic heterocycles. The van der Waals surface area contributed by atoms with E-state index in [0.29, 0.717) is 30.0 Å². The maximum Gasteiger partial charge on any atom is 0.355 e. The smallest absolute Gasteiger partial charge is 0.355 e. The van der Waals surface area contributed by atoms with Gasteiger partial charge in [0, 0.05) is 19.3 Å². The Hall–Kier alpha value is -2.76. The lowest BCUT2D eigenvalue weighted by molar-refractivity contribution is 0.0514. The van der Waals surface area contributed by atoms with E-state index < -0.39 is 5.97 Å². The molecule has 6 heteroatoms. The average Bonchev–Trinajstić information content (AvgIpc) is 2.82. The van der Waals surface area contributed by atoms with Crippen molar-refractivity contribution in [2.24, 2.45) is 7.05 Å². The highest BCUT2D eigenvalue weighted by molar-refractivity contribution is 6.01. The molecule has 25 heavy (non-hydrogen) atoms. The van der Waals surface area contributed by atoms with Crippen LogP contribution < -0.4 is 10.1 Å². The largest absolute Gasteiger partial charge is 0.497 e. The standard InChI is InChI=1S/C19H24N2O4/c1-6-25-19(23)17-12(2)16(13(3)21(17)4)18(22)20-11-14-7-9-15(24-5)10-8-14/h7-10H,6,11H2,1-5H3,(H,20,22). The summed E-state index contributed by atoms with van der Waals surface area (Å²) in [6.07, 6.45) is 0. The predicted molar refractivity (Wildman–Crippen MR) is 95.0 cm³/mol. The maximum absolute atomic E-state index is 12.6. The predicted octanol–water partition coefficient (Wildman–Crippen LogP) is 2.76. The van der Waals surface area contributed by atoms with Gasteiger partial charge in [-0.3, -0.25) is 4.79 Å². The van der Waals surface area contributed by atoms with Crippen LogP contribution in [0.3, 0.4) is 0 Å². The number of ether oxygens (including phenoxy) is 2. The number of hydrogen-bond acceptors (Lipinski definition) is 4. The van der Waals surface area contributed by atoms with Crippen LogP contribution in [-0.4, -0.2) is 30.2 Å². The fourth-order valence-electron chi connectivity index (χ4n) is 2.81. The fraction of sp³-hybridized carbons (Fsp3) is 0.368. The zero-order valence-electron chi connectivity index (χ0n) is 15.3. The second kappa shape index (κ2) is 7.88. The summed E-state index contributed by atoms with van der Waals surface area (Å²) in [6, 6.07) is 7.49. The summed E-state index contributed by atoms with van der Waals surface area (Å²) < 4.78 is 11.9. The number of hydrogen-bond donors (Lipinski definition) is 1. The lowest BCUT2D eigenvalue weighted by Crippen LogP contribution is -2.24. The van der Waals surface area contributed by atoms with E-state index >= 15 is 0 Å². The van der Waals surface area contributed by atoms with Crippen molar-refractivity contribution in [2.75, 3.05) is 13.7 Å². The van der Waals surface area contributed by atoms with Gasteiger partial charge in [0.25, 0.3) is 5.91 Å². The summed E-state index contributed by atoms with van der Waals surface area (Å²) in [4.78, 5) is 24.8. The van der Waals surface area contributed by atoms with Gasteiger partial charge in [-0.25, -0.2) is 4.79 Å². The molecule has 0 radical (unpaired) electrons. The van der Waals surface area contributed by atoms with Crippen LogP contribution in [-0.2, 0) is 18.3 Å². The summed E-state index contributed by atoms with van der Waals surface area (Å²) >= 11 is 0. The zero-order chi connectivity index (χ0) is 18.6. The third-order valence-corrected chi connectivity index (χ3v) is 4.24. The molecule has 0 atom stereocenters. The molecule has 0 aliphatic rings. The topological polar surface area (TPSA) is 69.6 Å². The first-order chi connectivity index (χ1) is 11.9. The van der Waals surface area contributed by atoms with Gasteiger partial charge in [-0.1, -0.05) is 12.1 Å². The molecule has 1 N–H and O–H groups in total. The van der Waals surface area contributed by atoms with Crippen LogP contribution in [0.15, 0.2) is 24.3 Å². The zero-order valence-corrected chi connectivity index (χ0v) is 15.3. The van der Waals surface area contributed by atoms with Crippen LogP contribution in [0.1, 0.15) is 44.6 Å². The molecule has 0 saturated heterocycles. The Balaban J connectivity index is 2.18. The van der Waals surface area contributed by atoms with Gasteiger partial charge >= 0.3 is 5.97 Å². The Morgan fingerprint density at radius 1 is 1.16 bits per heavy atom. The van der Waals surface area contributed by atoms with Gasteiger partial charge in [-0.05, 0) is 44.0 Å². The normalized spacial score (nSPS) is 10.4. The quantitative estimate of drug-likeness (QED) is 0.818. The number of rotatable bonds is 6. The number of aromatic nitrogens is 1. The van der Waals surface area contributed by atoms with E-state index in [9.17, 15) is 9.59 Å². The van der Waals surface area contributed by atoms with Crippen LogP contribution in [0.2, 0.25) is 0 Å². The minimum atomic E-state index is -0.417. The van der Waals surface area contributed by atoms with E-state index in [1.165, 1.54) is 0 Å². The lowest BCUT2D eigenvalue weighted by atomic mass is 10.1. The van der Waals surface area contributed by atoms with Gasteiger partial charge in [0.15, 0.2) is 0 Å². The van der Waals surface area contributed by atoms with Crippen molar-refractivity contribution in [3.63, 3.8) is 0 Å². The van der Waals surface area contributed by atoms with Gasteiger partial charge in [0.2, 0.25) is 0 Å². The number of benzene rings is 1. The highest BCUT2D eigenvalue weighted by Crippen LogP contribution is 2.22. The van der Waals surface area contributed by atoms with Gasteiger partial charge in [-0.2, -0.15) is 0 Å². The van der Waals surface area contributed by atoms with E-state index in [1.807, 2.05) is 31.2 Å². The molecule has 0 unspecified atom stereocenters.